The number of rotatable bonds is 21. The van der Waals surface area contributed by atoms with Crippen molar-refractivity contribution < 1.29 is 37.3 Å². The van der Waals surface area contributed by atoms with Gasteiger partial charge in [0.2, 0.25) is 0 Å². The van der Waals surface area contributed by atoms with Crippen LogP contribution >= 0.6 is 30.7 Å². The van der Waals surface area contributed by atoms with Crippen LogP contribution in [0.25, 0.3) is 0 Å². The fraction of sp³-hybridized carbons (Fsp3) is 0.404. The Morgan fingerprint density at radius 1 is 0.788 bits per heavy atom. The van der Waals surface area contributed by atoms with E-state index in [2.05, 4.69) is 9.97 Å². The molecule has 7 rings (SSSR count). The Hall–Kier alpha value is -4.91. The number of ether oxygens (including phenoxy) is 5. The van der Waals surface area contributed by atoms with Crippen molar-refractivity contribution >= 4 is 30.7 Å². The highest BCUT2D eigenvalue weighted by molar-refractivity contribution is 8.55. The zero-order valence-corrected chi connectivity index (χ0v) is 39.8. The molecule has 3 unspecified atom stereocenters. The van der Waals surface area contributed by atoms with Gasteiger partial charge in [0.15, 0.2) is 0 Å². The summed E-state index contributed by atoms with van der Waals surface area (Å²) in [6.45, 7) is 0.590. The molecule has 2 aliphatic rings. The van der Waals surface area contributed by atoms with Crippen LogP contribution in [0, 0.1) is 13.8 Å². The molecular weight excluding hydrogens is 908 g/mol. The minimum absolute atomic E-state index is 0.0960. The van der Waals surface area contributed by atoms with E-state index in [1.165, 1.54) is 21.5 Å². The summed E-state index contributed by atoms with van der Waals surface area (Å²) >= 11 is 1.94. The average Bonchev–Trinajstić information content (AvgIpc) is 3.94. The second-order valence-corrected chi connectivity index (χ2v) is 20.4. The van der Waals surface area contributed by atoms with Gasteiger partial charge in [0.05, 0.1) is 39.1 Å². The highest BCUT2D eigenvalue weighted by Crippen LogP contribution is 2.63. The lowest BCUT2D eigenvalue weighted by Gasteiger charge is -2.39. The number of aromatic nitrogens is 4. The van der Waals surface area contributed by atoms with Crippen molar-refractivity contribution in [3.8, 4) is 11.5 Å². The Balaban J connectivity index is 1.28. The van der Waals surface area contributed by atoms with E-state index in [0.29, 0.717) is 41.2 Å². The van der Waals surface area contributed by atoms with Gasteiger partial charge in [-0.05, 0) is 84.8 Å². The average molecular weight is 965 g/mol. The van der Waals surface area contributed by atoms with E-state index < -0.39 is 71.8 Å². The van der Waals surface area contributed by atoms with Crippen molar-refractivity contribution in [1.29, 1.82) is 1.12 Å². The Morgan fingerprint density at radius 2 is 1.32 bits per heavy atom. The maximum Gasteiger partial charge on any atom is 0.389 e. The molecule has 0 aliphatic carbocycles. The number of H-pyrrole nitrogens is 2. The van der Waals surface area contributed by atoms with Crippen LogP contribution in [0.5, 0.6) is 11.5 Å². The van der Waals surface area contributed by atoms with E-state index in [4.69, 9.17) is 33.9 Å². The van der Waals surface area contributed by atoms with Crippen LogP contribution < -0.4 is 32.0 Å². The molecular formula is C47H55N4O12PS2. The monoisotopic (exact) mass is 964 g/mol. The number of benzene rings is 3. The molecule has 0 spiro atoms. The zero-order valence-electron chi connectivity index (χ0n) is 38.3. The van der Waals surface area contributed by atoms with Gasteiger partial charge in [0, 0.05) is 42.1 Å². The first-order valence-corrected chi connectivity index (χ1v) is 25.3. The fourth-order valence-corrected chi connectivity index (χ4v) is 11.5. The Bertz CT molecular complexity index is 2720. The summed E-state index contributed by atoms with van der Waals surface area (Å²) in [5.74, 6) is 2.09. The van der Waals surface area contributed by atoms with Gasteiger partial charge in [0.25, 0.3) is 11.1 Å². The van der Waals surface area contributed by atoms with Gasteiger partial charge in [-0.15, -0.1) is 0 Å². The lowest BCUT2D eigenvalue weighted by atomic mass is 9.79. The molecule has 2 aliphatic heterocycles. The van der Waals surface area contributed by atoms with Gasteiger partial charge in [0.1, 0.15) is 36.8 Å². The maximum absolute atomic E-state index is 15.2. The summed E-state index contributed by atoms with van der Waals surface area (Å²) < 4.78 is 69.7. The molecule has 0 radical (unpaired) electrons. The van der Waals surface area contributed by atoms with Gasteiger partial charge in [-0.1, -0.05) is 73.7 Å². The molecule has 7 atom stereocenters. The van der Waals surface area contributed by atoms with E-state index >= 15 is 4.57 Å². The first-order chi connectivity index (χ1) is 32.3. The molecule has 4 heterocycles. The van der Waals surface area contributed by atoms with Crippen molar-refractivity contribution in [2.24, 2.45) is 0 Å². The van der Waals surface area contributed by atoms with Gasteiger partial charge >= 0.3 is 18.2 Å². The number of hydrogen-bond acceptors (Lipinski definition) is 14. The van der Waals surface area contributed by atoms with E-state index in [1.807, 2.05) is 97.9 Å². The Kier molecular flexibility index (Phi) is 15.7. The highest BCUT2D eigenvalue weighted by atomic mass is 32.7. The third kappa shape index (κ3) is 10.9. The fourth-order valence-electron chi connectivity index (χ4n) is 8.16. The third-order valence-electron chi connectivity index (χ3n) is 11.6. The summed E-state index contributed by atoms with van der Waals surface area (Å²) in [7, 11) is 3.18. The predicted octanol–water partition coefficient (Wildman–Crippen LogP) is 7.20. The lowest BCUT2D eigenvalue weighted by molar-refractivity contribution is -0.0976. The smallest absolute Gasteiger partial charge is 0.389 e. The largest absolute Gasteiger partial charge is 0.497 e. The van der Waals surface area contributed by atoms with Gasteiger partial charge < -0.3 is 23.7 Å². The summed E-state index contributed by atoms with van der Waals surface area (Å²) in [6.07, 6.45) is 2.89. The number of nitrogens with one attached hydrogen (secondary N) is 2. The maximum atomic E-state index is 15.2. The number of aromatic amines is 2. The lowest BCUT2D eigenvalue weighted by Crippen LogP contribution is -2.41. The van der Waals surface area contributed by atoms with E-state index in [-0.39, 0.29) is 25.2 Å². The minimum atomic E-state index is -4.14. The molecule has 2 aromatic heterocycles. The standard InChI is InChI=1S/C47H55N4O12PS2/c1-6-37-39(26-42(60-37)51-28-31(3)44(53)49-46(51)55)63-64(56,66-24-12-8-11-23-65)59-29-40-38(25-41(61-40)50-27-30(2)43(52)48-45(50)54)62-47(32-13-9-7-10-14-32,33-15-19-35(57-4)20-16-33)34-17-21-36(58-5)22-18-34/h7-10,12-22,27-28,37-42,65H,6,11,23-26,29H2,1-5H3,(H,48,52,54)(H,49,53,55)/b12-8-/t37-,38?,39?,40-,41-,42-,64?/m1/s1/i/hT. The van der Waals surface area contributed by atoms with E-state index in [9.17, 15) is 19.2 Å². The predicted molar refractivity (Wildman–Crippen MR) is 255 cm³/mol. The van der Waals surface area contributed by atoms with E-state index in [0.717, 1.165) is 40.6 Å². The van der Waals surface area contributed by atoms with Crippen LogP contribution in [0.4, 0.5) is 0 Å². The number of aryl methyl sites for hydroxylation is 2. The van der Waals surface area contributed by atoms with Crippen LogP contribution in [0.2, 0.25) is 0 Å². The topological polar surface area (TPSA) is 191 Å². The van der Waals surface area contributed by atoms with Gasteiger partial charge in [-0.25, -0.2) is 14.2 Å². The molecule has 5 aromatic rings. The molecule has 16 nitrogen and oxygen atoms in total. The number of hydrogen-bond donors (Lipinski definition) is 3. The van der Waals surface area contributed by atoms with Crippen LogP contribution in [-0.2, 0) is 33.4 Å². The quantitative estimate of drug-likeness (QED) is 0.0220. The number of nitrogens with zero attached hydrogens (tertiary/aromatic N) is 2. The highest BCUT2D eigenvalue weighted by Gasteiger charge is 2.48. The van der Waals surface area contributed by atoms with Crippen molar-refractivity contribution in [3.63, 3.8) is 0 Å². The van der Waals surface area contributed by atoms with Crippen molar-refractivity contribution in [1.82, 2.24) is 19.1 Å². The molecule has 2 N–H and O–H groups in total. The number of allylic oxidation sites excluding steroid dienone is 1. The Morgan fingerprint density at radius 3 is 1.85 bits per heavy atom. The molecule has 66 heavy (non-hydrogen) atoms. The summed E-state index contributed by atoms with van der Waals surface area (Å²) in [5, 5.41) is 0. The third-order valence-corrected chi connectivity index (χ3v) is 15.5. The molecule has 3 aromatic carbocycles. The van der Waals surface area contributed by atoms with Crippen molar-refractivity contribution in [2.45, 2.75) is 88.9 Å². The Labute approximate surface area is 392 Å². The van der Waals surface area contributed by atoms with Crippen molar-refractivity contribution in [2.75, 3.05) is 32.3 Å². The second kappa shape index (κ2) is 21.8. The minimum Gasteiger partial charge on any atom is -0.497 e. The summed E-state index contributed by atoms with van der Waals surface area (Å²) in [6, 6.07) is 24.7. The zero-order chi connectivity index (χ0) is 47.7. The van der Waals surface area contributed by atoms with E-state index in [1.54, 1.807) is 28.1 Å². The molecule has 2 fully saturated rings. The molecule has 2 saturated heterocycles. The van der Waals surface area contributed by atoms with Gasteiger partial charge in [-0.2, -0.15) is 12.5 Å². The van der Waals surface area contributed by atoms with Gasteiger partial charge in [-0.3, -0.25) is 37.7 Å². The van der Waals surface area contributed by atoms with Crippen LogP contribution in [0.15, 0.2) is 123 Å². The molecule has 0 saturated carbocycles. The van der Waals surface area contributed by atoms with Crippen LogP contribution in [0.1, 0.15) is 72.9 Å². The summed E-state index contributed by atoms with van der Waals surface area (Å²) in [5.41, 5.74) is -0.826. The van der Waals surface area contributed by atoms with Crippen LogP contribution in [-0.4, -0.2) is 77.0 Å². The normalized spacial score (nSPS) is 22.0. The molecule has 0 amide bonds. The first-order valence-electron chi connectivity index (χ1n) is 22.0. The SMILES string of the molecule is [3H]SCC/C=C\CSP(=O)(OC[C@H]1O[C@@H](n2cc(C)c(=O)[nH]c2=O)CC1OC(c1ccccc1)(c1ccc(OC)cc1)c1ccc(OC)cc1)OC1C[C@H](n2cc(C)c(=O)[nH]c2=O)O[C@@H]1CC. The molecule has 352 valence electrons. The number of methoxy groups -OCH3 is 2. The second-order valence-electron chi connectivity index (χ2n) is 15.9. The van der Waals surface area contributed by atoms with Crippen molar-refractivity contribution in [3.05, 3.63) is 173 Å². The number of thiol groups is 1. The van der Waals surface area contributed by atoms with Crippen LogP contribution in [0.3, 0.4) is 0 Å². The molecule has 19 heteroatoms. The summed E-state index contributed by atoms with van der Waals surface area (Å²) in [4.78, 5) is 55.7. The first kappa shape index (κ1) is 47.6. The molecule has 0 bridgehead atoms.